The number of thioether (sulfide) groups is 1. The number of rotatable bonds is 9. The van der Waals surface area contributed by atoms with Gasteiger partial charge in [-0.25, -0.2) is 0 Å². The summed E-state index contributed by atoms with van der Waals surface area (Å²) in [5.41, 5.74) is 0. The van der Waals surface area contributed by atoms with Crippen LogP contribution in [-0.4, -0.2) is 36.7 Å². The van der Waals surface area contributed by atoms with Gasteiger partial charge in [-0.3, -0.25) is 4.79 Å². The molecule has 1 fully saturated rings. The van der Waals surface area contributed by atoms with Gasteiger partial charge in [0.1, 0.15) is 0 Å². The number of hydrogen-bond acceptors (Lipinski definition) is 4. The number of hydrogen-bond donors (Lipinski definition) is 1. The number of carbonyl (C=O) groups excluding carboxylic acids is 1. The van der Waals surface area contributed by atoms with Gasteiger partial charge < -0.3 is 10.1 Å². The molecular formula is C14H27NO2S. The third-order valence-electron chi connectivity index (χ3n) is 3.45. The molecule has 0 aliphatic heterocycles. The van der Waals surface area contributed by atoms with E-state index in [-0.39, 0.29) is 5.97 Å². The molecule has 0 aromatic carbocycles. The van der Waals surface area contributed by atoms with E-state index in [1.807, 2.05) is 6.92 Å². The molecule has 1 rings (SSSR count). The molecule has 1 aliphatic carbocycles. The molecule has 1 unspecified atom stereocenters. The van der Waals surface area contributed by atoms with Gasteiger partial charge in [0.05, 0.1) is 12.4 Å². The van der Waals surface area contributed by atoms with E-state index in [1.54, 1.807) is 11.8 Å². The van der Waals surface area contributed by atoms with Crippen molar-refractivity contribution in [3.05, 3.63) is 0 Å². The number of carbonyl (C=O) groups is 1. The summed E-state index contributed by atoms with van der Waals surface area (Å²) in [6.45, 7) is 5.62. The fourth-order valence-electron chi connectivity index (χ4n) is 2.52. The average Bonchev–Trinajstić information content (AvgIpc) is 2.87. The van der Waals surface area contributed by atoms with E-state index in [0.717, 1.165) is 18.2 Å². The van der Waals surface area contributed by atoms with Crippen LogP contribution in [0.3, 0.4) is 0 Å². The summed E-state index contributed by atoms with van der Waals surface area (Å²) in [6.07, 6.45) is 6.61. The van der Waals surface area contributed by atoms with Crippen LogP contribution in [0.4, 0.5) is 0 Å². The predicted molar refractivity (Wildman–Crippen MR) is 78.0 cm³/mol. The van der Waals surface area contributed by atoms with Crippen molar-refractivity contribution >= 4 is 17.7 Å². The molecule has 106 valence electrons. The standard InChI is InChI=1S/C14H27NO2S/c1-3-9-15-13(12-7-5-6-8-12)10-18-11-14(16)17-4-2/h12-13,15H,3-11H2,1-2H3. The highest BCUT2D eigenvalue weighted by atomic mass is 32.2. The van der Waals surface area contributed by atoms with Gasteiger partial charge in [0.2, 0.25) is 0 Å². The molecule has 0 bridgehead atoms. The van der Waals surface area contributed by atoms with Crippen molar-refractivity contribution in [2.24, 2.45) is 5.92 Å². The zero-order valence-corrected chi connectivity index (χ0v) is 12.6. The third-order valence-corrected chi connectivity index (χ3v) is 4.48. The number of ether oxygens (including phenoxy) is 1. The topological polar surface area (TPSA) is 38.3 Å². The fraction of sp³-hybridized carbons (Fsp3) is 0.929. The molecule has 0 spiro atoms. The lowest BCUT2D eigenvalue weighted by Gasteiger charge is -2.24. The van der Waals surface area contributed by atoms with E-state index in [9.17, 15) is 4.79 Å². The molecule has 0 heterocycles. The van der Waals surface area contributed by atoms with Gasteiger partial charge in [-0.1, -0.05) is 19.8 Å². The maximum absolute atomic E-state index is 11.3. The maximum atomic E-state index is 11.3. The number of nitrogens with one attached hydrogen (secondary N) is 1. The van der Waals surface area contributed by atoms with Gasteiger partial charge in [0, 0.05) is 11.8 Å². The van der Waals surface area contributed by atoms with Crippen LogP contribution in [0.1, 0.15) is 46.0 Å². The Morgan fingerprint density at radius 3 is 2.72 bits per heavy atom. The lowest BCUT2D eigenvalue weighted by atomic mass is 10.00. The molecule has 0 radical (unpaired) electrons. The maximum Gasteiger partial charge on any atom is 0.315 e. The van der Waals surface area contributed by atoms with Crippen LogP contribution in [0.5, 0.6) is 0 Å². The summed E-state index contributed by atoms with van der Waals surface area (Å²) >= 11 is 1.71. The Labute approximate surface area is 115 Å². The van der Waals surface area contributed by atoms with Gasteiger partial charge in [0.15, 0.2) is 0 Å². The van der Waals surface area contributed by atoms with Crippen LogP contribution < -0.4 is 5.32 Å². The summed E-state index contributed by atoms with van der Waals surface area (Å²) < 4.78 is 4.95. The first kappa shape index (κ1) is 15.8. The molecule has 4 heteroatoms. The van der Waals surface area contributed by atoms with E-state index in [2.05, 4.69) is 12.2 Å². The fourth-order valence-corrected chi connectivity index (χ4v) is 3.53. The highest BCUT2D eigenvalue weighted by Gasteiger charge is 2.24. The quantitative estimate of drug-likeness (QED) is 0.656. The molecule has 0 saturated heterocycles. The molecule has 0 aromatic rings. The molecule has 0 amide bonds. The van der Waals surface area contributed by atoms with Crippen molar-refractivity contribution in [3.8, 4) is 0 Å². The molecule has 3 nitrogen and oxygen atoms in total. The number of esters is 1. The molecule has 1 atom stereocenters. The Hall–Kier alpha value is -0.220. The minimum absolute atomic E-state index is 0.0804. The molecule has 1 N–H and O–H groups in total. The molecule has 1 saturated carbocycles. The Morgan fingerprint density at radius 2 is 2.11 bits per heavy atom. The minimum atomic E-state index is -0.0804. The van der Waals surface area contributed by atoms with Crippen molar-refractivity contribution in [2.45, 2.75) is 52.0 Å². The van der Waals surface area contributed by atoms with Crippen molar-refractivity contribution in [1.29, 1.82) is 0 Å². The second kappa shape index (κ2) is 9.68. The third kappa shape index (κ3) is 6.10. The summed E-state index contributed by atoms with van der Waals surface area (Å²) in [6, 6.07) is 0.576. The Balaban J connectivity index is 2.24. The summed E-state index contributed by atoms with van der Waals surface area (Å²) in [4.78, 5) is 11.3. The summed E-state index contributed by atoms with van der Waals surface area (Å²) in [5.74, 6) is 2.25. The summed E-state index contributed by atoms with van der Waals surface area (Å²) in [7, 11) is 0. The van der Waals surface area contributed by atoms with Crippen LogP contribution in [0.2, 0.25) is 0 Å². The van der Waals surface area contributed by atoms with Crippen molar-refractivity contribution in [1.82, 2.24) is 5.32 Å². The monoisotopic (exact) mass is 273 g/mol. The Morgan fingerprint density at radius 1 is 1.39 bits per heavy atom. The van der Waals surface area contributed by atoms with E-state index >= 15 is 0 Å². The van der Waals surface area contributed by atoms with Crippen LogP contribution in [-0.2, 0) is 9.53 Å². The van der Waals surface area contributed by atoms with Gasteiger partial charge in [0.25, 0.3) is 0 Å². The van der Waals surface area contributed by atoms with Crippen molar-refractivity contribution < 1.29 is 9.53 Å². The SMILES string of the molecule is CCCNC(CSCC(=O)OCC)C1CCCC1. The van der Waals surface area contributed by atoms with Crippen LogP contribution in [0, 0.1) is 5.92 Å². The normalized spacial score (nSPS) is 17.9. The molecule has 1 aliphatic rings. The second-order valence-corrected chi connectivity index (χ2v) is 5.96. The average molecular weight is 273 g/mol. The van der Waals surface area contributed by atoms with E-state index in [1.165, 1.54) is 32.1 Å². The van der Waals surface area contributed by atoms with Crippen LogP contribution in [0.15, 0.2) is 0 Å². The van der Waals surface area contributed by atoms with Crippen LogP contribution in [0.25, 0.3) is 0 Å². The van der Waals surface area contributed by atoms with E-state index < -0.39 is 0 Å². The van der Waals surface area contributed by atoms with Gasteiger partial charge >= 0.3 is 5.97 Å². The Bertz CT molecular complexity index is 230. The minimum Gasteiger partial charge on any atom is -0.465 e. The lowest BCUT2D eigenvalue weighted by Crippen LogP contribution is -2.38. The molecule has 0 aromatic heterocycles. The zero-order chi connectivity index (χ0) is 13.2. The van der Waals surface area contributed by atoms with Crippen molar-refractivity contribution in [3.63, 3.8) is 0 Å². The summed E-state index contributed by atoms with van der Waals surface area (Å²) in [5, 5.41) is 3.64. The molecule has 18 heavy (non-hydrogen) atoms. The Kier molecular flexibility index (Phi) is 8.51. The lowest BCUT2D eigenvalue weighted by molar-refractivity contribution is -0.139. The molecular weight excluding hydrogens is 246 g/mol. The first-order chi connectivity index (χ1) is 8.77. The second-order valence-electron chi connectivity index (χ2n) is 4.93. The predicted octanol–water partition coefficient (Wildman–Crippen LogP) is 2.84. The smallest absolute Gasteiger partial charge is 0.315 e. The van der Waals surface area contributed by atoms with E-state index in [4.69, 9.17) is 4.74 Å². The van der Waals surface area contributed by atoms with Crippen LogP contribution >= 0.6 is 11.8 Å². The van der Waals surface area contributed by atoms with E-state index in [0.29, 0.717) is 18.4 Å². The van der Waals surface area contributed by atoms with Crippen molar-refractivity contribution in [2.75, 3.05) is 24.7 Å². The highest BCUT2D eigenvalue weighted by Crippen LogP contribution is 2.29. The largest absolute Gasteiger partial charge is 0.465 e. The zero-order valence-electron chi connectivity index (χ0n) is 11.7. The first-order valence-corrected chi connectivity index (χ1v) is 8.40. The van der Waals surface area contributed by atoms with Gasteiger partial charge in [-0.05, 0) is 38.6 Å². The van der Waals surface area contributed by atoms with Gasteiger partial charge in [-0.2, -0.15) is 0 Å². The van der Waals surface area contributed by atoms with Gasteiger partial charge in [-0.15, -0.1) is 11.8 Å². The first-order valence-electron chi connectivity index (χ1n) is 7.24. The highest BCUT2D eigenvalue weighted by molar-refractivity contribution is 7.99.